The first-order valence-electron chi connectivity index (χ1n) is 13.3. The molecule has 9 rings (SSSR count). The van der Waals surface area contributed by atoms with Crippen LogP contribution in [0.15, 0.2) is 0 Å². The lowest BCUT2D eigenvalue weighted by Crippen LogP contribution is -2.66. The van der Waals surface area contributed by atoms with Crippen molar-refractivity contribution in [1.82, 2.24) is 9.80 Å². The second-order valence-electron chi connectivity index (χ2n) is 14.3. The number of hydrogen-bond acceptors (Lipinski definition) is 2. The number of hydrogen-bond donors (Lipinski definition) is 0. The zero-order chi connectivity index (χ0) is 20.4. The van der Waals surface area contributed by atoms with Crippen LogP contribution in [0.2, 0.25) is 0 Å². The van der Waals surface area contributed by atoms with Crippen LogP contribution in [0.25, 0.3) is 0 Å². The summed E-state index contributed by atoms with van der Waals surface area (Å²) in [5.41, 5.74) is 1.38. The van der Waals surface area contributed by atoms with Gasteiger partial charge in [0.1, 0.15) is 0 Å². The first-order chi connectivity index (χ1) is 14.3. The van der Waals surface area contributed by atoms with Gasteiger partial charge in [-0.2, -0.15) is 0 Å². The Bertz CT molecular complexity index is 712. The predicted octanol–water partition coefficient (Wildman–Crippen LogP) is 5.10. The van der Waals surface area contributed by atoms with Crippen molar-refractivity contribution in [3.8, 4) is 0 Å². The largest absolute Gasteiger partial charge is 0.340 e. The maximum Gasteiger partial charge on any atom is 0.228 e. The molecule has 0 radical (unpaired) electrons. The molecule has 2 atom stereocenters. The standard InChI is InChI=1S/C27H42N2O/c1-24-10-22-11-25(2,16-24)18-26(12-22,17-24)23(30)28-3-5-29(6-4-28)27-13-19-7-20(14-27)9-21(8-19)15-27/h19-22H,3-18H2,1-2H3/t19?,20?,21?,22?,24-,25-,26?,27?/m1/s1. The summed E-state index contributed by atoms with van der Waals surface area (Å²) in [5, 5.41) is 0. The van der Waals surface area contributed by atoms with Crippen LogP contribution in [0.3, 0.4) is 0 Å². The SMILES string of the molecule is C[C@]12CC3CC(C(=O)N4CCN(C56CC7CC(CC(C7)C5)C6)CC4)(C1)C[C@](C)(C3)C2. The molecule has 3 heteroatoms. The molecule has 1 aliphatic heterocycles. The zero-order valence-electron chi connectivity index (χ0n) is 19.4. The molecule has 8 bridgehead atoms. The maximum atomic E-state index is 14.0. The van der Waals surface area contributed by atoms with Crippen molar-refractivity contribution in [3.63, 3.8) is 0 Å². The van der Waals surface area contributed by atoms with E-state index in [-0.39, 0.29) is 5.41 Å². The van der Waals surface area contributed by atoms with Crippen molar-refractivity contribution >= 4 is 5.91 Å². The topological polar surface area (TPSA) is 23.6 Å². The zero-order valence-corrected chi connectivity index (χ0v) is 19.4. The first kappa shape index (κ1) is 18.9. The molecule has 0 spiro atoms. The highest BCUT2D eigenvalue weighted by atomic mass is 16.2. The van der Waals surface area contributed by atoms with Gasteiger partial charge < -0.3 is 4.90 Å². The van der Waals surface area contributed by atoms with Gasteiger partial charge in [0, 0.05) is 31.7 Å². The number of nitrogens with zero attached hydrogens (tertiary/aromatic N) is 2. The Morgan fingerprint density at radius 1 is 0.667 bits per heavy atom. The van der Waals surface area contributed by atoms with Crippen LogP contribution in [0.4, 0.5) is 0 Å². The molecule has 3 nitrogen and oxygen atoms in total. The minimum atomic E-state index is -0.00816. The summed E-state index contributed by atoms with van der Waals surface area (Å²) in [5.74, 6) is 4.43. The van der Waals surface area contributed by atoms with Gasteiger partial charge in [-0.3, -0.25) is 9.69 Å². The monoisotopic (exact) mass is 410 g/mol. The van der Waals surface area contributed by atoms with E-state index >= 15 is 0 Å². The molecular weight excluding hydrogens is 368 g/mol. The Balaban J connectivity index is 1.07. The van der Waals surface area contributed by atoms with Gasteiger partial charge in [0.2, 0.25) is 5.91 Å². The van der Waals surface area contributed by atoms with Gasteiger partial charge in [0.25, 0.3) is 0 Å². The van der Waals surface area contributed by atoms with Crippen molar-refractivity contribution in [2.75, 3.05) is 26.2 Å². The van der Waals surface area contributed by atoms with Crippen molar-refractivity contribution in [3.05, 3.63) is 0 Å². The van der Waals surface area contributed by atoms with Gasteiger partial charge in [-0.25, -0.2) is 0 Å². The van der Waals surface area contributed by atoms with Crippen LogP contribution >= 0.6 is 0 Å². The van der Waals surface area contributed by atoms with Gasteiger partial charge in [-0.15, -0.1) is 0 Å². The summed E-state index contributed by atoms with van der Waals surface area (Å²) in [4.78, 5) is 19.2. The highest BCUT2D eigenvalue weighted by Crippen LogP contribution is 2.70. The van der Waals surface area contributed by atoms with Crippen molar-refractivity contribution in [2.24, 2.45) is 39.9 Å². The van der Waals surface area contributed by atoms with Gasteiger partial charge in [-0.1, -0.05) is 13.8 Å². The maximum absolute atomic E-state index is 14.0. The molecule has 0 aromatic heterocycles. The Morgan fingerprint density at radius 2 is 1.20 bits per heavy atom. The molecule has 8 aliphatic carbocycles. The first-order valence-corrected chi connectivity index (χ1v) is 13.3. The van der Waals surface area contributed by atoms with E-state index in [9.17, 15) is 4.79 Å². The third kappa shape index (κ3) is 2.63. The van der Waals surface area contributed by atoms with Crippen molar-refractivity contribution < 1.29 is 4.79 Å². The van der Waals surface area contributed by atoms with Crippen LogP contribution in [0, 0.1) is 39.9 Å². The summed E-state index contributed by atoms with van der Waals surface area (Å²) in [6.07, 6.45) is 16.7. The number of carbonyl (C=O) groups is 1. The van der Waals surface area contributed by atoms with E-state index in [1.807, 2.05) is 0 Å². The van der Waals surface area contributed by atoms with Crippen LogP contribution in [0.1, 0.15) is 90.9 Å². The molecule has 0 unspecified atom stereocenters. The minimum Gasteiger partial charge on any atom is -0.340 e. The summed E-state index contributed by atoms with van der Waals surface area (Å²) in [6, 6.07) is 0. The Labute approximate surface area is 183 Å². The van der Waals surface area contributed by atoms with Gasteiger partial charge in [-0.05, 0) is 112 Å². The Kier molecular flexibility index (Phi) is 3.70. The predicted molar refractivity (Wildman–Crippen MR) is 119 cm³/mol. The van der Waals surface area contributed by atoms with Gasteiger partial charge >= 0.3 is 0 Å². The summed E-state index contributed by atoms with van der Waals surface area (Å²) < 4.78 is 0. The number of piperazine rings is 1. The van der Waals surface area contributed by atoms with Gasteiger partial charge in [0.05, 0.1) is 5.41 Å². The second-order valence-corrected chi connectivity index (χ2v) is 14.3. The molecular formula is C27H42N2O. The Hall–Kier alpha value is -0.570. The molecule has 1 amide bonds. The van der Waals surface area contributed by atoms with E-state index in [0.717, 1.165) is 49.9 Å². The lowest BCUT2D eigenvalue weighted by Gasteiger charge is -2.65. The lowest BCUT2D eigenvalue weighted by atomic mass is 9.40. The van der Waals surface area contributed by atoms with Crippen LogP contribution < -0.4 is 0 Å². The molecule has 166 valence electrons. The number of carbonyl (C=O) groups excluding carboxylic acids is 1. The lowest BCUT2D eigenvalue weighted by molar-refractivity contribution is -0.182. The summed E-state index contributed by atoms with van der Waals surface area (Å²) in [6.45, 7) is 9.30. The van der Waals surface area contributed by atoms with E-state index in [2.05, 4.69) is 23.6 Å². The molecule has 1 heterocycles. The van der Waals surface area contributed by atoms with Gasteiger partial charge in [0.15, 0.2) is 0 Å². The fraction of sp³-hybridized carbons (Fsp3) is 0.963. The second kappa shape index (κ2) is 5.86. The molecule has 9 fully saturated rings. The third-order valence-electron chi connectivity index (χ3n) is 11.3. The summed E-state index contributed by atoms with van der Waals surface area (Å²) in [7, 11) is 0. The average Bonchev–Trinajstić information content (AvgIpc) is 2.63. The van der Waals surface area contributed by atoms with E-state index < -0.39 is 0 Å². The fourth-order valence-corrected chi connectivity index (χ4v) is 11.9. The van der Waals surface area contributed by atoms with Crippen LogP contribution in [-0.2, 0) is 4.79 Å². The summed E-state index contributed by atoms with van der Waals surface area (Å²) >= 11 is 0. The highest BCUT2D eigenvalue weighted by molar-refractivity contribution is 5.83. The van der Waals surface area contributed by atoms with Crippen LogP contribution in [0.5, 0.6) is 0 Å². The third-order valence-corrected chi connectivity index (χ3v) is 11.3. The van der Waals surface area contributed by atoms with E-state index in [4.69, 9.17) is 0 Å². The van der Waals surface area contributed by atoms with Crippen molar-refractivity contribution in [1.29, 1.82) is 0 Å². The van der Waals surface area contributed by atoms with Crippen LogP contribution in [-0.4, -0.2) is 47.4 Å². The highest BCUT2D eigenvalue weighted by Gasteiger charge is 2.63. The number of amides is 1. The Morgan fingerprint density at radius 3 is 1.70 bits per heavy atom. The molecule has 0 aromatic carbocycles. The average molecular weight is 411 g/mol. The number of rotatable bonds is 2. The molecule has 8 saturated carbocycles. The molecule has 0 aromatic rings. The molecule has 30 heavy (non-hydrogen) atoms. The molecule has 1 saturated heterocycles. The molecule has 9 aliphatic rings. The van der Waals surface area contributed by atoms with E-state index in [1.165, 1.54) is 77.0 Å². The normalized spacial score (nSPS) is 56.7. The smallest absolute Gasteiger partial charge is 0.228 e. The van der Waals surface area contributed by atoms with Crippen molar-refractivity contribution in [2.45, 2.75) is 96.4 Å². The van der Waals surface area contributed by atoms with E-state index in [0.29, 0.717) is 22.3 Å². The molecule has 0 N–H and O–H groups in total. The van der Waals surface area contributed by atoms with E-state index in [1.54, 1.807) is 0 Å². The quantitative estimate of drug-likeness (QED) is 0.632. The minimum absolute atomic E-state index is 0.00816. The fourth-order valence-electron chi connectivity index (χ4n) is 11.9.